The van der Waals surface area contributed by atoms with Crippen molar-refractivity contribution in [2.24, 2.45) is 0 Å². The number of benzene rings is 8. The molecule has 9 aromatic rings. The van der Waals surface area contributed by atoms with Gasteiger partial charge in [-0.1, -0.05) is 173 Å². The lowest BCUT2D eigenvalue weighted by molar-refractivity contribution is 0.195. The molecule has 1 saturated carbocycles. The SMILES string of the molecule is C=C1c2ccccc2-c2ccc3c(c21)N(c1cccc2oc4ccccc4c12)c1cc(N2c4ccccc4C4(C)CCCCC24C)cc2c1B3c1cc3c(cc1N2c1ccc2c(c1)C(C)(C)CCC2(C)C)C(C)(C)CCC3(C)C. The van der Waals surface area contributed by atoms with Crippen LogP contribution in [0.15, 0.2) is 157 Å². The summed E-state index contributed by atoms with van der Waals surface area (Å²) in [6.45, 7) is 30.1. The molecule has 0 saturated heterocycles. The molecule has 392 valence electrons. The van der Waals surface area contributed by atoms with Crippen molar-refractivity contribution in [3.8, 4) is 11.1 Å². The van der Waals surface area contributed by atoms with E-state index >= 15 is 0 Å². The summed E-state index contributed by atoms with van der Waals surface area (Å²) in [5.41, 5.74) is 29.1. The van der Waals surface area contributed by atoms with Crippen molar-refractivity contribution in [1.82, 2.24) is 0 Å². The van der Waals surface area contributed by atoms with E-state index in [0.29, 0.717) is 0 Å². The number of furan rings is 1. The zero-order chi connectivity index (χ0) is 54.1. The van der Waals surface area contributed by atoms with Crippen molar-refractivity contribution in [3.05, 3.63) is 191 Å². The minimum Gasteiger partial charge on any atom is -0.456 e. The number of rotatable bonds is 3. The molecule has 0 N–H and O–H groups in total. The van der Waals surface area contributed by atoms with Crippen LogP contribution in [0.2, 0.25) is 0 Å². The van der Waals surface area contributed by atoms with Gasteiger partial charge < -0.3 is 19.1 Å². The molecular formula is C74H72BN3O. The van der Waals surface area contributed by atoms with E-state index in [0.717, 1.165) is 58.9 Å². The topological polar surface area (TPSA) is 22.9 Å². The fraction of sp³-hybridized carbons (Fsp3) is 0.324. The standard InChI is InChI=1S/C74H72BN3O/c1-44-47-21-12-13-22-48(47)49-30-32-56-68(65(44)49)77(59-26-20-28-64-66(59)50-23-14-17-27-63(50)79-64)62-41-46(78-58-25-16-15-24-52(58)73(10)33-18-19-34-74(73,78)11)40-61-67(62)75(56)57-42-54-55(72(8,9)38-37-71(54,6)7)43-60(57)76(61)45-29-31-51-53(39-45)70(4,5)36-35-69(51,2)3/h12-17,20-32,39-43H,1,18-19,33-38H2,2-11H3. The van der Waals surface area contributed by atoms with Crippen molar-refractivity contribution < 1.29 is 4.42 Å². The van der Waals surface area contributed by atoms with Crippen LogP contribution in [0, 0.1) is 0 Å². The maximum atomic E-state index is 6.86. The Kier molecular flexibility index (Phi) is 9.40. The summed E-state index contributed by atoms with van der Waals surface area (Å²) in [4.78, 5) is 8.28. The molecule has 8 aromatic carbocycles. The molecule has 2 unspecified atom stereocenters. The number of anilines is 8. The Hall–Kier alpha value is -7.24. The van der Waals surface area contributed by atoms with Gasteiger partial charge in [-0.25, -0.2) is 0 Å². The Morgan fingerprint density at radius 3 is 1.84 bits per heavy atom. The smallest absolute Gasteiger partial charge is 0.252 e. The fourth-order valence-corrected chi connectivity index (χ4v) is 17.2. The summed E-state index contributed by atoms with van der Waals surface area (Å²) in [6, 6.07) is 57.1. The number of nitrogens with zero attached hydrogens (tertiary/aromatic N) is 3. The van der Waals surface area contributed by atoms with Crippen LogP contribution in [0.4, 0.5) is 45.5 Å². The third-order valence-corrected chi connectivity index (χ3v) is 22.0. The predicted molar refractivity (Wildman–Crippen MR) is 335 cm³/mol. The van der Waals surface area contributed by atoms with Crippen LogP contribution in [0.1, 0.15) is 160 Å². The zero-order valence-corrected chi connectivity index (χ0v) is 48.0. The Bertz CT molecular complexity index is 4210. The number of hydrogen-bond acceptors (Lipinski definition) is 4. The van der Waals surface area contributed by atoms with E-state index in [-0.39, 0.29) is 39.3 Å². The van der Waals surface area contributed by atoms with Crippen LogP contribution in [0.3, 0.4) is 0 Å². The van der Waals surface area contributed by atoms with E-state index in [1.54, 1.807) is 0 Å². The van der Waals surface area contributed by atoms with E-state index in [1.165, 1.54) is 132 Å². The third kappa shape index (κ3) is 6.12. The predicted octanol–water partition coefficient (Wildman–Crippen LogP) is 18.2. The summed E-state index contributed by atoms with van der Waals surface area (Å²) >= 11 is 0. The van der Waals surface area contributed by atoms with Gasteiger partial charge in [-0.2, -0.15) is 0 Å². The highest BCUT2D eigenvalue weighted by molar-refractivity contribution is 7.00. The Labute approximate surface area is 468 Å². The van der Waals surface area contributed by atoms with E-state index in [2.05, 4.69) is 230 Å². The van der Waals surface area contributed by atoms with Gasteiger partial charge in [0.25, 0.3) is 6.71 Å². The average Bonchev–Trinajstić information content (AvgIpc) is 2.27. The van der Waals surface area contributed by atoms with Gasteiger partial charge in [-0.15, -0.1) is 0 Å². The highest BCUT2D eigenvalue weighted by atomic mass is 16.3. The van der Waals surface area contributed by atoms with Crippen LogP contribution in [0.5, 0.6) is 0 Å². The van der Waals surface area contributed by atoms with Crippen molar-refractivity contribution in [3.63, 3.8) is 0 Å². The largest absolute Gasteiger partial charge is 0.456 e. The average molecular weight is 1030 g/mol. The molecule has 0 radical (unpaired) electrons. The highest BCUT2D eigenvalue weighted by Gasteiger charge is 2.58. The first-order valence-corrected chi connectivity index (χ1v) is 29.7. The second-order valence-corrected chi connectivity index (χ2v) is 28.1. The summed E-state index contributed by atoms with van der Waals surface area (Å²) in [7, 11) is 0. The van der Waals surface area contributed by atoms with Crippen LogP contribution < -0.4 is 31.1 Å². The molecule has 1 fully saturated rings. The van der Waals surface area contributed by atoms with E-state index in [4.69, 9.17) is 11.0 Å². The van der Waals surface area contributed by atoms with Gasteiger partial charge in [0.05, 0.1) is 16.6 Å². The van der Waals surface area contributed by atoms with Gasteiger partial charge in [0.2, 0.25) is 0 Å². The monoisotopic (exact) mass is 1030 g/mol. The summed E-state index contributed by atoms with van der Waals surface area (Å²) in [5, 5.41) is 2.25. The molecule has 16 rings (SSSR count). The molecule has 4 nitrogen and oxygen atoms in total. The number of fused-ring (bicyclic) bond motifs is 16. The second kappa shape index (κ2) is 15.6. The lowest BCUT2D eigenvalue weighted by Gasteiger charge is -2.51. The minimum atomic E-state index is -0.168. The van der Waals surface area contributed by atoms with Crippen LogP contribution in [-0.2, 0) is 27.1 Å². The first kappa shape index (κ1) is 47.7. The molecule has 79 heavy (non-hydrogen) atoms. The number of hydrogen-bond donors (Lipinski definition) is 0. The molecule has 0 amide bonds. The van der Waals surface area contributed by atoms with Crippen molar-refractivity contribution in [2.45, 2.75) is 153 Å². The lowest BCUT2D eigenvalue weighted by atomic mass is 9.33. The minimum absolute atomic E-state index is 0.000277. The molecule has 1 aromatic heterocycles. The molecule has 7 aliphatic rings. The molecule has 4 heterocycles. The van der Waals surface area contributed by atoms with Crippen LogP contribution in [-0.4, -0.2) is 12.3 Å². The van der Waals surface area contributed by atoms with Gasteiger partial charge in [0, 0.05) is 56.2 Å². The van der Waals surface area contributed by atoms with Crippen LogP contribution >= 0.6 is 0 Å². The second-order valence-electron chi connectivity index (χ2n) is 28.1. The van der Waals surface area contributed by atoms with Gasteiger partial charge >= 0.3 is 0 Å². The summed E-state index contributed by atoms with van der Waals surface area (Å²) < 4.78 is 6.86. The van der Waals surface area contributed by atoms with Gasteiger partial charge in [0.1, 0.15) is 11.2 Å². The molecule has 5 heteroatoms. The van der Waals surface area contributed by atoms with E-state index < -0.39 is 0 Å². The quantitative estimate of drug-likeness (QED) is 0.165. The normalized spacial score (nSPS) is 22.8. The summed E-state index contributed by atoms with van der Waals surface area (Å²) in [5.74, 6) is 0. The first-order valence-electron chi connectivity index (χ1n) is 29.7. The zero-order valence-electron chi connectivity index (χ0n) is 48.0. The van der Waals surface area contributed by atoms with Gasteiger partial charge in [-0.3, -0.25) is 0 Å². The van der Waals surface area contributed by atoms with Gasteiger partial charge in [0.15, 0.2) is 0 Å². The molecular weight excluding hydrogens is 958 g/mol. The third-order valence-electron chi connectivity index (χ3n) is 22.0. The Balaban J connectivity index is 1.09. The molecule has 0 spiro atoms. The Morgan fingerprint density at radius 1 is 0.443 bits per heavy atom. The molecule has 3 aliphatic heterocycles. The van der Waals surface area contributed by atoms with Crippen molar-refractivity contribution in [2.75, 3.05) is 14.7 Å². The maximum absolute atomic E-state index is 6.86. The lowest BCUT2D eigenvalue weighted by Crippen LogP contribution is -2.62. The van der Waals surface area contributed by atoms with E-state index in [1.807, 2.05) is 0 Å². The van der Waals surface area contributed by atoms with Crippen molar-refractivity contribution >= 4 is 96.1 Å². The van der Waals surface area contributed by atoms with E-state index in [9.17, 15) is 0 Å². The molecule has 2 atom stereocenters. The maximum Gasteiger partial charge on any atom is 0.252 e. The van der Waals surface area contributed by atoms with Crippen molar-refractivity contribution in [1.29, 1.82) is 0 Å². The Morgan fingerprint density at radius 2 is 1.06 bits per heavy atom. The molecule has 0 bridgehead atoms. The fourth-order valence-electron chi connectivity index (χ4n) is 17.2. The van der Waals surface area contributed by atoms with Gasteiger partial charge in [-0.05, 0) is 188 Å². The summed E-state index contributed by atoms with van der Waals surface area (Å²) in [6.07, 6.45) is 9.36. The molecule has 4 aliphatic carbocycles. The number of para-hydroxylation sites is 2. The van der Waals surface area contributed by atoms with Crippen LogP contribution in [0.25, 0.3) is 38.6 Å². The highest BCUT2D eigenvalue weighted by Crippen LogP contribution is 2.63. The first-order chi connectivity index (χ1) is 37.8.